The van der Waals surface area contributed by atoms with E-state index >= 15 is 0 Å². The standard InChI is InChI=1S/C16H30N2O/c1-11(2)14-16(19)18(15(17-14)12(3)4)10-13-8-6-5-7-9-13/h11-15,17H,5-10H2,1-4H3. The zero-order chi connectivity index (χ0) is 14.0. The van der Waals surface area contributed by atoms with Gasteiger partial charge in [0.2, 0.25) is 5.91 Å². The molecule has 19 heavy (non-hydrogen) atoms. The van der Waals surface area contributed by atoms with E-state index < -0.39 is 0 Å². The van der Waals surface area contributed by atoms with Gasteiger partial charge in [-0.3, -0.25) is 10.1 Å². The Bertz CT molecular complexity index is 308. The Balaban J connectivity index is 2.04. The first-order valence-corrected chi connectivity index (χ1v) is 8.07. The van der Waals surface area contributed by atoms with Crippen LogP contribution in [0.3, 0.4) is 0 Å². The zero-order valence-corrected chi connectivity index (χ0v) is 13.0. The van der Waals surface area contributed by atoms with Crippen LogP contribution in [0.1, 0.15) is 59.8 Å². The highest BCUT2D eigenvalue weighted by Crippen LogP contribution is 2.28. The minimum Gasteiger partial charge on any atom is -0.325 e. The van der Waals surface area contributed by atoms with Crippen molar-refractivity contribution in [3.05, 3.63) is 0 Å². The number of amides is 1. The van der Waals surface area contributed by atoms with E-state index in [1.54, 1.807) is 0 Å². The largest absolute Gasteiger partial charge is 0.325 e. The highest BCUT2D eigenvalue weighted by molar-refractivity contribution is 5.84. The van der Waals surface area contributed by atoms with Gasteiger partial charge in [-0.1, -0.05) is 47.0 Å². The lowest BCUT2D eigenvalue weighted by Crippen LogP contribution is -2.44. The molecule has 1 saturated heterocycles. The lowest BCUT2D eigenvalue weighted by molar-refractivity contribution is -0.132. The Hall–Kier alpha value is -0.570. The highest BCUT2D eigenvalue weighted by atomic mass is 16.2. The van der Waals surface area contributed by atoms with Crippen LogP contribution in [0.4, 0.5) is 0 Å². The fourth-order valence-corrected chi connectivity index (χ4v) is 3.54. The SMILES string of the molecule is CC(C)C1NC(C(C)C)N(CC2CCCCC2)C1=O. The van der Waals surface area contributed by atoms with Crippen molar-refractivity contribution in [3.63, 3.8) is 0 Å². The quantitative estimate of drug-likeness (QED) is 0.848. The molecular weight excluding hydrogens is 236 g/mol. The average Bonchev–Trinajstić information content (AvgIpc) is 2.69. The van der Waals surface area contributed by atoms with Gasteiger partial charge in [0.05, 0.1) is 12.2 Å². The average molecular weight is 266 g/mol. The molecule has 3 heteroatoms. The summed E-state index contributed by atoms with van der Waals surface area (Å²) >= 11 is 0. The van der Waals surface area contributed by atoms with E-state index in [0.29, 0.717) is 17.7 Å². The summed E-state index contributed by atoms with van der Waals surface area (Å²) in [6.07, 6.45) is 6.93. The summed E-state index contributed by atoms with van der Waals surface area (Å²) in [5.74, 6) is 1.92. The number of carbonyl (C=O) groups is 1. The summed E-state index contributed by atoms with van der Waals surface area (Å²) in [5, 5.41) is 3.56. The van der Waals surface area contributed by atoms with E-state index in [2.05, 4.69) is 37.9 Å². The van der Waals surface area contributed by atoms with Crippen LogP contribution in [-0.2, 0) is 4.79 Å². The minimum atomic E-state index is 0.0241. The van der Waals surface area contributed by atoms with Gasteiger partial charge in [0.1, 0.15) is 0 Å². The molecule has 1 saturated carbocycles. The van der Waals surface area contributed by atoms with Crippen LogP contribution in [0.5, 0.6) is 0 Å². The number of nitrogens with one attached hydrogen (secondary N) is 1. The van der Waals surface area contributed by atoms with Gasteiger partial charge >= 0.3 is 0 Å². The van der Waals surface area contributed by atoms with Crippen molar-refractivity contribution in [2.24, 2.45) is 17.8 Å². The van der Waals surface area contributed by atoms with Crippen LogP contribution in [0.25, 0.3) is 0 Å². The maximum Gasteiger partial charge on any atom is 0.241 e. The second-order valence-electron chi connectivity index (χ2n) is 7.07. The predicted octanol–water partition coefficient (Wildman–Crippen LogP) is 3.01. The summed E-state index contributed by atoms with van der Waals surface area (Å²) in [7, 11) is 0. The van der Waals surface area contributed by atoms with E-state index in [1.807, 2.05) is 0 Å². The van der Waals surface area contributed by atoms with Gasteiger partial charge in [-0.25, -0.2) is 0 Å². The number of rotatable bonds is 4. The van der Waals surface area contributed by atoms with Gasteiger partial charge < -0.3 is 4.90 Å². The second-order valence-corrected chi connectivity index (χ2v) is 7.07. The first-order chi connectivity index (χ1) is 9.00. The molecule has 2 atom stereocenters. The molecule has 0 radical (unpaired) electrons. The Kier molecular flexibility index (Phi) is 4.88. The molecule has 0 aromatic carbocycles. The third kappa shape index (κ3) is 3.31. The van der Waals surface area contributed by atoms with Gasteiger partial charge in [-0.05, 0) is 30.6 Å². The second kappa shape index (κ2) is 6.25. The van der Waals surface area contributed by atoms with Crippen molar-refractivity contribution in [2.45, 2.75) is 72.0 Å². The molecule has 110 valence electrons. The monoisotopic (exact) mass is 266 g/mol. The van der Waals surface area contributed by atoms with Crippen LogP contribution in [0.2, 0.25) is 0 Å². The summed E-state index contributed by atoms with van der Waals surface area (Å²) in [6.45, 7) is 9.66. The van der Waals surface area contributed by atoms with E-state index in [1.165, 1.54) is 32.1 Å². The summed E-state index contributed by atoms with van der Waals surface area (Å²) < 4.78 is 0. The van der Waals surface area contributed by atoms with E-state index in [4.69, 9.17) is 0 Å². The van der Waals surface area contributed by atoms with E-state index in [9.17, 15) is 4.79 Å². The third-order valence-electron chi connectivity index (χ3n) is 4.71. The smallest absolute Gasteiger partial charge is 0.241 e. The zero-order valence-electron chi connectivity index (χ0n) is 13.0. The van der Waals surface area contributed by atoms with Crippen molar-refractivity contribution in [1.82, 2.24) is 10.2 Å². The lowest BCUT2D eigenvalue weighted by atomic mass is 9.88. The molecule has 2 aliphatic rings. The van der Waals surface area contributed by atoms with Crippen LogP contribution in [-0.4, -0.2) is 29.6 Å². The predicted molar refractivity (Wildman–Crippen MR) is 78.7 cm³/mol. The molecule has 1 heterocycles. The normalized spacial score (nSPS) is 29.8. The fourth-order valence-electron chi connectivity index (χ4n) is 3.54. The van der Waals surface area contributed by atoms with Crippen LogP contribution in [0, 0.1) is 17.8 Å². The third-order valence-corrected chi connectivity index (χ3v) is 4.71. The molecule has 0 aromatic heterocycles. The molecule has 3 nitrogen and oxygen atoms in total. The Labute approximate surface area is 118 Å². The highest BCUT2D eigenvalue weighted by Gasteiger charge is 2.42. The fraction of sp³-hybridized carbons (Fsp3) is 0.938. The molecule has 1 aliphatic carbocycles. The van der Waals surface area contributed by atoms with Crippen molar-refractivity contribution in [1.29, 1.82) is 0 Å². The Morgan fingerprint density at radius 3 is 2.26 bits per heavy atom. The lowest BCUT2D eigenvalue weighted by Gasteiger charge is -2.32. The summed E-state index contributed by atoms with van der Waals surface area (Å²) in [4.78, 5) is 14.7. The van der Waals surface area contributed by atoms with Crippen molar-refractivity contribution in [3.8, 4) is 0 Å². The summed E-state index contributed by atoms with van der Waals surface area (Å²) in [6, 6.07) is 0.0241. The molecular formula is C16H30N2O. The van der Waals surface area contributed by atoms with E-state index in [-0.39, 0.29) is 12.2 Å². The summed E-state index contributed by atoms with van der Waals surface area (Å²) in [5.41, 5.74) is 0. The van der Waals surface area contributed by atoms with Gasteiger partial charge in [-0.2, -0.15) is 0 Å². The minimum absolute atomic E-state index is 0.0241. The first kappa shape index (κ1) is 14.8. The van der Waals surface area contributed by atoms with Crippen molar-refractivity contribution >= 4 is 5.91 Å². The molecule has 2 fully saturated rings. The maximum atomic E-state index is 12.6. The van der Waals surface area contributed by atoms with Gasteiger partial charge in [0, 0.05) is 6.54 Å². The maximum absolute atomic E-state index is 12.6. The Morgan fingerprint density at radius 2 is 1.74 bits per heavy atom. The molecule has 2 unspecified atom stereocenters. The molecule has 1 amide bonds. The Morgan fingerprint density at radius 1 is 1.11 bits per heavy atom. The molecule has 2 rings (SSSR count). The molecule has 0 spiro atoms. The number of hydrogen-bond donors (Lipinski definition) is 1. The van der Waals surface area contributed by atoms with Crippen molar-refractivity contribution in [2.75, 3.05) is 6.54 Å². The number of hydrogen-bond acceptors (Lipinski definition) is 2. The first-order valence-electron chi connectivity index (χ1n) is 8.07. The van der Waals surface area contributed by atoms with E-state index in [0.717, 1.165) is 12.5 Å². The van der Waals surface area contributed by atoms with Gasteiger partial charge in [0.25, 0.3) is 0 Å². The molecule has 0 bridgehead atoms. The van der Waals surface area contributed by atoms with Gasteiger partial charge in [0.15, 0.2) is 0 Å². The van der Waals surface area contributed by atoms with Crippen LogP contribution in [0.15, 0.2) is 0 Å². The van der Waals surface area contributed by atoms with Crippen LogP contribution < -0.4 is 5.32 Å². The van der Waals surface area contributed by atoms with Gasteiger partial charge in [-0.15, -0.1) is 0 Å². The molecule has 1 aliphatic heterocycles. The molecule has 1 N–H and O–H groups in total. The number of carbonyl (C=O) groups excluding carboxylic acids is 1. The van der Waals surface area contributed by atoms with Crippen LogP contribution >= 0.6 is 0 Å². The number of nitrogens with zero attached hydrogens (tertiary/aromatic N) is 1. The topological polar surface area (TPSA) is 32.3 Å². The molecule has 0 aromatic rings. The van der Waals surface area contributed by atoms with Crippen molar-refractivity contribution < 1.29 is 4.79 Å².